The normalized spacial score (nSPS) is 10.4. The van der Waals surface area contributed by atoms with Gasteiger partial charge in [0.05, 0.1) is 33.6 Å². The Labute approximate surface area is 197 Å². The molecule has 0 atom stereocenters. The molecule has 0 radical (unpaired) electrons. The van der Waals surface area contributed by atoms with Gasteiger partial charge >= 0.3 is 5.97 Å². The molecule has 1 aromatic heterocycles. The number of hydrogen-bond donors (Lipinski definition) is 1. The zero-order valence-corrected chi connectivity index (χ0v) is 20.1. The third-order valence-corrected chi connectivity index (χ3v) is 6.07. The minimum atomic E-state index is -0.846. The molecule has 0 bridgehead atoms. The van der Waals surface area contributed by atoms with Crippen LogP contribution in [0.3, 0.4) is 0 Å². The molecule has 0 aliphatic carbocycles. The molecule has 0 aliphatic rings. The lowest BCUT2D eigenvalue weighted by molar-refractivity contribution is -0.136. The monoisotopic (exact) mass is 480 g/mol. The zero-order valence-electron chi connectivity index (χ0n) is 17.8. The second-order valence-corrected chi connectivity index (χ2v) is 8.26. The van der Waals surface area contributed by atoms with Crippen LogP contribution in [0.2, 0.25) is 10.0 Å². The highest BCUT2D eigenvalue weighted by Gasteiger charge is 2.19. The molecule has 1 heterocycles. The van der Waals surface area contributed by atoms with Crippen molar-refractivity contribution in [3.05, 3.63) is 69.0 Å². The van der Waals surface area contributed by atoms with Crippen molar-refractivity contribution in [1.82, 2.24) is 4.98 Å². The van der Waals surface area contributed by atoms with Crippen molar-refractivity contribution in [3.8, 4) is 11.3 Å². The third kappa shape index (κ3) is 7.21. The van der Waals surface area contributed by atoms with Gasteiger partial charge in [-0.3, -0.25) is 4.79 Å². The highest BCUT2D eigenvalue weighted by Crippen LogP contribution is 2.36. The summed E-state index contributed by atoms with van der Waals surface area (Å²) in [6.45, 7) is 5.31. The molecule has 0 amide bonds. The summed E-state index contributed by atoms with van der Waals surface area (Å²) in [4.78, 5) is 18.9. The van der Waals surface area contributed by atoms with Crippen LogP contribution in [0, 0.1) is 0 Å². The van der Waals surface area contributed by atoms with Crippen LogP contribution in [0.25, 0.3) is 11.3 Å². The van der Waals surface area contributed by atoms with E-state index in [9.17, 15) is 4.79 Å². The quantitative estimate of drug-likeness (QED) is 0.365. The van der Waals surface area contributed by atoms with Crippen LogP contribution in [-0.4, -0.2) is 29.7 Å². The predicted molar refractivity (Wildman–Crippen MR) is 129 cm³/mol. The van der Waals surface area contributed by atoms with E-state index in [1.807, 2.05) is 55.1 Å². The lowest BCUT2D eigenvalue weighted by atomic mass is 10.1. The van der Waals surface area contributed by atoms with Crippen molar-refractivity contribution < 1.29 is 14.6 Å². The Balaban J connectivity index is 0.00000166. The Bertz CT molecular complexity index is 980. The van der Waals surface area contributed by atoms with Gasteiger partial charge in [0.25, 0.3) is 0 Å². The summed E-state index contributed by atoms with van der Waals surface area (Å²) in [6, 6.07) is 15.3. The summed E-state index contributed by atoms with van der Waals surface area (Å²) in [5, 5.41) is 10.8. The van der Waals surface area contributed by atoms with Crippen molar-refractivity contribution in [3.63, 3.8) is 0 Å². The summed E-state index contributed by atoms with van der Waals surface area (Å²) in [5.41, 5.74) is 2.68. The average Bonchev–Trinajstić information content (AvgIpc) is 3.19. The van der Waals surface area contributed by atoms with Crippen LogP contribution >= 0.6 is 34.5 Å². The van der Waals surface area contributed by atoms with E-state index in [-0.39, 0.29) is 6.42 Å². The van der Waals surface area contributed by atoms with E-state index in [2.05, 4.69) is 0 Å². The molecule has 2 aromatic carbocycles. The summed E-state index contributed by atoms with van der Waals surface area (Å²) >= 11 is 13.7. The van der Waals surface area contributed by atoms with E-state index in [1.165, 1.54) is 11.3 Å². The minimum absolute atomic E-state index is 0.0220. The van der Waals surface area contributed by atoms with Crippen molar-refractivity contribution in [2.24, 2.45) is 0 Å². The second kappa shape index (κ2) is 12.7. The molecule has 0 spiro atoms. The van der Waals surface area contributed by atoms with Gasteiger partial charge in [-0.2, -0.15) is 0 Å². The molecule has 5 nitrogen and oxygen atoms in total. The van der Waals surface area contributed by atoms with E-state index in [1.54, 1.807) is 19.2 Å². The number of halogens is 2. The van der Waals surface area contributed by atoms with Crippen LogP contribution in [0.1, 0.15) is 30.7 Å². The zero-order chi connectivity index (χ0) is 22.8. The Morgan fingerprint density at radius 2 is 1.84 bits per heavy atom. The van der Waals surface area contributed by atoms with Crippen LogP contribution in [0.5, 0.6) is 0 Å². The maximum Gasteiger partial charge on any atom is 0.305 e. The minimum Gasteiger partial charge on any atom is -0.481 e. The molecule has 31 heavy (non-hydrogen) atoms. The van der Waals surface area contributed by atoms with Gasteiger partial charge < -0.3 is 14.7 Å². The van der Waals surface area contributed by atoms with Gasteiger partial charge in [0, 0.05) is 25.8 Å². The Morgan fingerprint density at radius 1 is 1.13 bits per heavy atom. The number of thiazole rings is 1. The molecule has 166 valence electrons. The van der Waals surface area contributed by atoms with E-state index in [4.69, 9.17) is 38.0 Å². The first-order chi connectivity index (χ1) is 15.0. The van der Waals surface area contributed by atoms with Gasteiger partial charge in [-0.1, -0.05) is 84.8 Å². The highest BCUT2D eigenvalue weighted by molar-refractivity contribution is 7.16. The number of hydrogen-bond acceptors (Lipinski definition) is 5. The molecular weight excluding hydrogens is 455 g/mol. The standard InChI is InChI=1S/C21H20Cl2N2O3S.C2H6/c1-28-13-18-20(15-7-8-16(22)17(23)11-15)24-21(29-18)25(10-9-19(26)27)12-14-5-3-2-4-6-14;1-2/h2-8,11H,9-10,12-13H2,1H3,(H,26,27);1-2H3. The molecule has 8 heteroatoms. The number of methoxy groups -OCH3 is 1. The van der Waals surface area contributed by atoms with Crippen LogP contribution in [0.4, 0.5) is 5.13 Å². The Morgan fingerprint density at radius 3 is 2.45 bits per heavy atom. The summed E-state index contributed by atoms with van der Waals surface area (Å²) in [5.74, 6) is -0.846. The maximum atomic E-state index is 11.2. The number of rotatable bonds is 9. The molecule has 0 aliphatic heterocycles. The molecule has 1 N–H and O–H groups in total. The number of nitrogens with zero attached hydrogens (tertiary/aromatic N) is 2. The lowest BCUT2D eigenvalue weighted by Crippen LogP contribution is -2.25. The molecular formula is C23H26Cl2N2O3S. The van der Waals surface area contributed by atoms with Crippen molar-refractivity contribution in [2.75, 3.05) is 18.6 Å². The number of anilines is 1. The molecule has 0 unspecified atom stereocenters. The van der Waals surface area contributed by atoms with E-state index >= 15 is 0 Å². The smallest absolute Gasteiger partial charge is 0.305 e. The molecule has 0 saturated carbocycles. The molecule has 3 rings (SSSR count). The topological polar surface area (TPSA) is 62.7 Å². The number of ether oxygens (including phenoxy) is 1. The van der Waals surface area contributed by atoms with Gasteiger partial charge in [0.15, 0.2) is 5.13 Å². The van der Waals surface area contributed by atoms with Gasteiger partial charge in [0.1, 0.15) is 0 Å². The van der Waals surface area contributed by atoms with E-state index < -0.39 is 5.97 Å². The average molecular weight is 481 g/mol. The third-order valence-electron chi connectivity index (χ3n) is 4.24. The molecule has 0 saturated heterocycles. The fourth-order valence-corrected chi connectivity index (χ4v) is 4.23. The first-order valence-electron chi connectivity index (χ1n) is 9.92. The van der Waals surface area contributed by atoms with Crippen LogP contribution < -0.4 is 4.90 Å². The predicted octanol–water partition coefficient (Wildman–Crippen LogP) is 6.77. The number of carboxylic acid groups (broad SMARTS) is 1. The van der Waals surface area contributed by atoms with Gasteiger partial charge in [-0.15, -0.1) is 0 Å². The lowest BCUT2D eigenvalue weighted by Gasteiger charge is -2.21. The van der Waals surface area contributed by atoms with Crippen LogP contribution in [-0.2, 0) is 22.7 Å². The molecule has 3 aromatic rings. The van der Waals surface area contributed by atoms with Crippen molar-refractivity contribution >= 4 is 45.6 Å². The molecule has 0 fully saturated rings. The van der Waals surface area contributed by atoms with Crippen LogP contribution in [0.15, 0.2) is 48.5 Å². The summed E-state index contributed by atoms with van der Waals surface area (Å²) < 4.78 is 5.35. The first-order valence-corrected chi connectivity index (χ1v) is 11.5. The van der Waals surface area contributed by atoms with E-state index in [0.29, 0.717) is 29.7 Å². The number of aliphatic carboxylic acids is 1. The van der Waals surface area contributed by atoms with Gasteiger partial charge in [-0.05, 0) is 17.7 Å². The Hall–Kier alpha value is -2.12. The number of carbonyl (C=O) groups is 1. The fraction of sp³-hybridized carbons (Fsp3) is 0.304. The van der Waals surface area contributed by atoms with Crippen molar-refractivity contribution in [2.45, 2.75) is 33.4 Å². The highest BCUT2D eigenvalue weighted by atomic mass is 35.5. The SMILES string of the molecule is CC.COCc1sc(N(CCC(=O)O)Cc2ccccc2)nc1-c1ccc(Cl)c(Cl)c1. The number of aromatic nitrogens is 1. The Kier molecular flexibility index (Phi) is 10.3. The maximum absolute atomic E-state index is 11.2. The fourth-order valence-electron chi connectivity index (χ4n) is 2.85. The van der Waals surface area contributed by atoms with Gasteiger partial charge in [-0.25, -0.2) is 4.98 Å². The first kappa shape index (κ1) is 25.1. The van der Waals surface area contributed by atoms with Crippen molar-refractivity contribution in [1.29, 1.82) is 0 Å². The number of carboxylic acids is 1. The second-order valence-electron chi connectivity index (χ2n) is 6.38. The summed E-state index contributed by atoms with van der Waals surface area (Å²) in [7, 11) is 1.63. The van der Waals surface area contributed by atoms with Gasteiger partial charge in [0.2, 0.25) is 0 Å². The summed E-state index contributed by atoms with van der Waals surface area (Å²) in [6.07, 6.45) is 0.0220. The largest absolute Gasteiger partial charge is 0.481 e. The number of benzene rings is 2. The van der Waals surface area contributed by atoms with E-state index in [0.717, 1.165) is 26.8 Å².